The van der Waals surface area contributed by atoms with Crippen LogP contribution in [-0.2, 0) is 14.3 Å². The zero-order valence-corrected chi connectivity index (χ0v) is 18.1. The Morgan fingerprint density at radius 2 is 1.71 bits per heavy atom. The number of rotatable bonds is 0. The first kappa shape index (κ1) is 19.5. The second kappa shape index (κ2) is 5.40. The lowest BCUT2D eigenvalue weighted by Crippen LogP contribution is -2.76. The van der Waals surface area contributed by atoms with Crippen LogP contribution in [0.2, 0.25) is 0 Å². The van der Waals surface area contributed by atoms with E-state index in [0.717, 1.165) is 19.3 Å². The number of carbonyl (C=O) groups excluding carboxylic acids is 1. The van der Waals surface area contributed by atoms with Crippen LogP contribution in [-0.4, -0.2) is 46.2 Å². The Morgan fingerprint density at radius 1 is 1.04 bits per heavy atom. The number of hydrogen-bond acceptors (Lipinski definition) is 5. The third kappa shape index (κ3) is 2.00. The Morgan fingerprint density at radius 3 is 2.39 bits per heavy atom. The lowest BCUT2D eigenvalue weighted by Gasteiger charge is -2.70. The minimum absolute atomic E-state index is 0.0262. The molecule has 2 bridgehead atoms. The van der Waals surface area contributed by atoms with Crippen molar-refractivity contribution in [1.82, 2.24) is 0 Å². The average molecular weight is 393 g/mol. The van der Waals surface area contributed by atoms with Crippen LogP contribution < -0.4 is 0 Å². The highest BCUT2D eigenvalue weighted by molar-refractivity contribution is 5.92. The van der Waals surface area contributed by atoms with Gasteiger partial charge in [0, 0.05) is 17.3 Å². The number of carbonyl (C=O) groups is 1. The van der Waals surface area contributed by atoms with E-state index in [9.17, 15) is 15.0 Å². The first-order valence-corrected chi connectivity index (χ1v) is 11.1. The number of Topliss-reactive ketones (excluding diaryl/α,β-unsaturated/α-hetero) is 1. The van der Waals surface area contributed by atoms with Crippen molar-refractivity contribution in [3.8, 4) is 0 Å². The third-order valence-electron chi connectivity index (χ3n) is 9.72. The van der Waals surface area contributed by atoms with E-state index < -0.39 is 28.8 Å². The molecule has 5 heteroatoms. The maximum atomic E-state index is 13.8. The quantitative estimate of drug-likeness (QED) is 0.663. The van der Waals surface area contributed by atoms with E-state index in [2.05, 4.69) is 20.8 Å². The van der Waals surface area contributed by atoms with E-state index in [1.54, 1.807) is 0 Å². The molecule has 5 rings (SSSR count). The number of fused-ring (bicyclic) bond motifs is 2. The summed E-state index contributed by atoms with van der Waals surface area (Å²) in [5, 5.41) is 22.7. The Hall–Kier alpha value is -0.490. The second-order valence-corrected chi connectivity index (χ2v) is 11.8. The lowest BCUT2D eigenvalue weighted by atomic mass is 9.38. The van der Waals surface area contributed by atoms with Crippen LogP contribution in [0.4, 0.5) is 0 Å². The smallest absolute Gasteiger partial charge is 0.163 e. The molecule has 28 heavy (non-hydrogen) atoms. The molecule has 5 aliphatic rings. The minimum atomic E-state index is -0.836. The predicted molar refractivity (Wildman–Crippen MR) is 103 cm³/mol. The minimum Gasteiger partial charge on any atom is -0.393 e. The predicted octanol–water partition coefficient (Wildman–Crippen LogP) is 2.92. The van der Waals surface area contributed by atoms with Gasteiger partial charge in [-0.25, -0.2) is 0 Å². The molecule has 0 aromatic carbocycles. The average Bonchev–Trinajstić information content (AvgIpc) is 2.72. The van der Waals surface area contributed by atoms with Crippen LogP contribution in [0, 0.1) is 39.9 Å². The summed E-state index contributed by atoms with van der Waals surface area (Å²) in [6.07, 6.45) is 1.37. The molecule has 10 atom stereocenters. The van der Waals surface area contributed by atoms with Gasteiger partial charge in [0.05, 0.1) is 29.8 Å². The van der Waals surface area contributed by atoms with Crippen molar-refractivity contribution >= 4 is 5.78 Å². The summed E-state index contributed by atoms with van der Waals surface area (Å²) in [5.74, 6) is -0.794. The molecule has 4 saturated carbocycles. The molecule has 0 aromatic heterocycles. The van der Waals surface area contributed by atoms with Crippen molar-refractivity contribution in [1.29, 1.82) is 0 Å². The van der Waals surface area contributed by atoms with E-state index >= 15 is 0 Å². The van der Waals surface area contributed by atoms with Gasteiger partial charge in [0.1, 0.15) is 5.78 Å². The molecule has 0 radical (unpaired) electrons. The van der Waals surface area contributed by atoms with Gasteiger partial charge in [0.25, 0.3) is 0 Å². The molecular formula is C23H36O5. The van der Waals surface area contributed by atoms with Crippen molar-refractivity contribution < 1.29 is 24.5 Å². The van der Waals surface area contributed by atoms with Crippen LogP contribution in [0.3, 0.4) is 0 Å². The monoisotopic (exact) mass is 392 g/mol. The maximum absolute atomic E-state index is 13.8. The summed E-state index contributed by atoms with van der Waals surface area (Å²) in [6, 6.07) is 0. The van der Waals surface area contributed by atoms with Crippen molar-refractivity contribution in [2.75, 3.05) is 0 Å². The van der Waals surface area contributed by atoms with E-state index in [-0.39, 0.29) is 47.1 Å². The molecule has 2 N–H and O–H groups in total. The summed E-state index contributed by atoms with van der Waals surface area (Å²) in [7, 11) is 0. The fraction of sp³-hybridized carbons (Fsp3) is 0.957. The van der Waals surface area contributed by atoms with Gasteiger partial charge in [0.2, 0.25) is 0 Å². The van der Waals surface area contributed by atoms with Gasteiger partial charge >= 0.3 is 0 Å². The Kier molecular flexibility index (Phi) is 3.76. The van der Waals surface area contributed by atoms with Crippen molar-refractivity contribution in [3.63, 3.8) is 0 Å². The first-order chi connectivity index (χ1) is 12.9. The summed E-state index contributed by atoms with van der Waals surface area (Å²) < 4.78 is 12.9. The zero-order valence-electron chi connectivity index (χ0n) is 18.1. The summed E-state index contributed by atoms with van der Waals surface area (Å²) >= 11 is 0. The van der Waals surface area contributed by atoms with Gasteiger partial charge in [-0.3, -0.25) is 4.79 Å². The van der Waals surface area contributed by atoms with Crippen LogP contribution >= 0.6 is 0 Å². The molecule has 1 heterocycles. The molecule has 5 fully saturated rings. The molecule has 0 amide bonds. The van der Waals surface area contributed by atoms with E-state index in [0.29, 0.717) is 6.42 Å². The Balaban J connectivity index is 1.75. The maximum Gasteiger partial charge on any atom is 0.163 e. The van der Waals surface area contributed by atoms with Crippen molar-refractivity contribution in [3.05, 3.63) is 0 Å². The molecule has 5 nitrogen and oxygen atoms in total. The highest BCUT2D eigenvalue weighted by Gasteiger charge is 2.80. The number of ether oxygens (including phenoxy) is 2. The second-order valence-electron chi connectivity index (χ2n) is 11.8. The molecule has 158 valence electrons. The molecular weight excluding hydrogens is 356 g/mol. The normalized spacial score (nSPS) is 58.8. The summed E-state index contributed by atoms with van der Waals surface area (Å²) in [6.45, 7) is 12.6. The Bertz CT molecular complexity index is 716. The fourth-order valence-corrected chi connectivity index (χ4v) is 8.69. The molecule has 1 spiro atoms. The molecule has 0 unspecified atom stereocenters. The van der Waals surface area contributed by atoms with Gasteiger partial charge < -0.3 is 19.7 Å². The van der Waals surface area contributed by atoms with Gasteiger partial charge in [-0.05, 0) is 56.8 Å². The zero-order chi connectivity index (χ0) is 20.4. The standard InChI is InChI=1S/C23H36O5/c1-11-12-9-13(24)17-22(6)14(20(2,3)8-7-15(22)25)10-16-23(17,18(11)26)19(12)28-21(4,5)27-16/h11-17,19,24-25H,7-10H2,1-6H3/t11-,12+,13+,14+,15+,16+,17+,19+,22-,23+/m0/s1. The van der Waals surface area contributed by atoms with Crippen molar-refractivity contribution in [2.45, 2.75) is 97.4 Å². The van der Waals surface area contributed by atoms with Crippen LogP contribution in [0.1, 0.15) is 67.2 Å². The van der Waals surface area contributed by atoms with Gasteiger partial charge in [0.15, 0.2) is 5.79 Å². The largest absolute Gasteiger partial charge is 0.393 e. The number of ketones is 1. The highest BCUT2D eigenvalue weighted by atomic mass is 16.7. The first-order valence-electron chi connectivity index (χ1n) is 11.1. The van der Waals surface area contributed by atoms with Gasteiger partial charge in [-0.1, -0.05) is 27.7 Å². The van der Waals surface area contributed by atoms with E-state index in [1.807, 2.05) is 20.8 Å². The molecule has 4 aliphatic carbocycles. The fourth-order valence-electron chi connectivity index (χ4n) is 8.69. The Labute approximate surface area is 168 Å². The van der Waals surface area contributed by atoms with E-state index in [1.165, 1.54) is 0 Å². The van der Waals surface area contributed by atoms with Crippen LogP contribution in [0.15, 0.2) is 0 Å². The highest BCUT2D eigenvalue weighted by Crippen LogP contribution is 2.73. The number of aliphatic hydroxyl groups excluding tert-OH is 2. The summed E-state index contributed by atoms with van der Waals surface area (Å²) in [5.41, 5.74) is -1.33. The number of hydrogen-bond donors (Lipinski definition) is 2. The molecule has 0 aromatic rings. The SMILES string of the molecule is C[C@@H]1C(=O)[C@@]23[C@@H]4OC(C)(C)O[C@@H]2C[C@@H]2C(C)(C)CC[C@@H](O)[C@@]2(C)[C@H]3[C@H](O)C[C@H]14. The molecule has 1 aliphatic heterocycles. The molecule has 1 saturated heterocycles. The van der Waals surface area contributed by atoms with E-state index in [4.69, 9.17) is 9.47 Å². The van der Waals surface area contributed by atoms with Crippen LogP contribution in [0.5, 0.6) is 0 Å². The van der Waals surface area contributed by atoms with Crippen LogP contribution in [0.25, 0.3) is 0 Å². The third-order valence-corrected chi connectivity index (χ3v) is 9.72. The van der Waals surface area contributed by atoms with Gasteiger partial charge in [-0.2, -0.15) is 0 Å². The van der Waals surface area contributed by atoms with Crippen molar-refractivity contribution in [2.24, 2.45) is 39.9 Å². The lowest BCUT2D eigenvalue weighted by molar-refractivity contribution is -0.394. The topological polar surface area (TPSA) is 76.0 Å². The summed E-state index contributed by atoms with van der Waals surface area (Å²) in [4.78, 5) is 13.8. The number of aliphatic hydroxyl groups is 2. The van der Waals surface area contributed by atoms with Gasteiger partial charge in [-0.15, -0.1) is 0 Å².